The maximum atomic E-state index is 11.0. The first kappa shape index (κ1) is 9.72. The van der Waals surface area contributed by atoms with E-state index < -0.39 is 0 Å². The number of carbonyl (C=O) groups is 1. The van der Waals surface area contributed by atoms with Crippen LogP contribution in [0.4, 0.5) is 0 Å². The Morgan fingerprint density at radius 2 is 1.83 bits per heavy atom. The molecule has 0 unspecified atom stereocenters. The molecule has 12 heavy (non-hydrogen) atoms. The fourth-order valence-electron chi connectivity index (χ4n) is 1.93. The van der Waals surface area contributed by atoms with Gasteiger partial charge in [0, 0.05) is 0 Å². The summed E-state index contributed by atoms with van der Waals surface area (Å²) in [4.78, 5) is 13.1. The van der Waals surface area contributed by atoms with Crippen LogP contribution in [0.1, 0.15) is 32.6 Å². The molecule has 0 aromatic rings. The van der Waals surface area contributed by atoms with Gasteiger partial charge in [0.05, 0.1) is 5.54 Å². The molecule has 1 rings (SSSR count). The zero-order valence-corrected chi connectivity index (χ0v) is 8.34. The van der Waals surface area contributed by atoms with Gasteiger partial charge in [-0.3, -0.25) is 4.90 Å². The van der Waals surface area contributed by atoms with Crippen LogP contribution in [-0.2, 0) is 4.79 Å². The van der Waals surface area contributed by atoms with Crippen LogP contribution in [0.5, 0.6) is 0 Å². The Kier molecular flexibility index (Phi) is 2.89. The van der Waals surface area contributed by atoms with Gasteiger partial charge >= 0.3 is 0 Å². The highest BCUT2D eigenvalue weighted by Gasteiger charge is 2.35. The molecular formula is C10H19NO. The Morgan fingerprint density at radius 1 is 1.33 bits per heavy atom. The van der Waals surface area contributed by atoms with E-state index in [1.165, 1.54) is 12.8 Å². The summed E-state index contributed by atoms with van der Waals surface area (Å²) in [7, 11) is 4.01. The molecule has 0 aliphatic heterocycles. The maximum Gasteiger partial charge on any atom is 0.140 e. The van der Waals surface area contributed by atoms with Crippen molar-refractivity contribution in [1.29, 1.82) is 0 Å². The van der Waals surface area contributed by atoms with Gasteiger partial charge in [-0.05, 0) is 45.7 Å². The molecule has 1 aliphatic rings. The topological polar surface area (TPSA) is 20.3 Å². The van der Waals surface area contributed by atoms with Gasteiger partial charge in [0.1, 0.15) is 6.29 Å². The Hall–Kier alpha value is -0.370. The molecule has 1 fully saturated rings. The van der Waals surface area contributed by atoms with Crippen molar-refractivity contribution < 1.29 is 4.79 Å². The van der Waals surface area contributed by atoms with Gasteiger partial charge in [0.15, 0.2) is 0 Å². The van der Waals surface area contributed by atoms with E-state index in [1.807, 2.05) is 14.1 Å². The second-order valence-electron chi connectivity index (χ2n) is 4.30. The summed E-state index contributed by atoms with van der Waals surface area (Å²) in [6, 6.07) is 0. The number of aldehydes is 1. The van der Waals surface area contributed by atoms with Crippen LogP contribution in [-0.4, -0.2) is 30.8 Å². The van der Waals surface area contributed by atoms with E-state index in [2.05, 4.69) is 11.8 Å². The molecule has 0 aromatic heterocycles. The average molecular weight is 169 g/mol. The number of nitrogens with zero attached hydrogens (tertiary/aromatic N) is 1. The molecule has 0 radical (unpaired) electrons. The summed E-state index contributed by atoms with van der Waals surface area (Å²) in [5.74, 6) is 0.804. The zero-order chi connectivity index (χ0) is 9.19. The lowest BCUT2D eigenvalue weighted by molar-refractivity contribution is -0.119. The quantitative estimate of drug-likeness (QED) is 0.586. The largest absolute Gasteiger partial charge is 0.301 e. The third kappa shape index (κ3) is 1.69. The monoisotopic (exact) mass is 169 g/mol. The highest BCUT2D eigenvalue weighted by atomic mass is 16.1. The van der Waals surface area contributed by atoms with Gasteiger partial charge < -0.3 is 4.79 Å². The van der Waals surface area contributed by atoms with Crippen molar-refractivity contribution in [2.45, 2.75) is 38.1 Å². The Labute approximate surface area is 74.9 Å². The fraction of sp³-hybridized carbons (Fsp3) is 0.900. The van der Waals surface area contributed by atoms with Crippen molar-refractivity contribution in [2.75, 3.05) is 14.1 Å². The third-order valence-electron chi connectivity index (χ3n) is 3.25. The second-order valence-corrected chi connectivity index (χ2v) is 4.30. The SMILES string of the molecule is CC1CCC(C=O)(N(C)C)CC1. The Bertz CT molecular complexity index is 157. The lowest BCUT2D eigenvalue weighted by Crippen LogP contribution is -2.48. The average Bonchev–Trinajstić information content (AvgIpc) is 2.06. The normalized spacial score (nSPS) is 36.8. The summed E-state index contributed by atoms with van der Waals surface area (Å²) in [6.07, 6.45) is 5.59. The van der Waals surface area contributed by atoms with Crippen molar-refractivity contribution in [3.8, 4) is 0 Å². The minimum atomic E-state index is -0.146. The van der Waals surface area contributed by atoms with E-state index in [4.69, 9.17) is 0 Å². The van der Waals surface area contributed by atoms with E-state index >= 15 is 0 Å². The fourth-order valence-corrected chi connectivity index (χ4v) is 1.93. The Balaban J connectivity index is 2.63. The molecule has 0 saturated heterocycles. The summed E-state index contributed by atoms with van der Waals surface area (Å²) in [5, 5.41) is 0. The van der Waals surface area contributed by atoms with Gasteiger partial charge in [-0.2, -0.15) is 0 Å². The molecule has 0 spiro atoms. The van der Waals surface area contributed by atoms with E-state index in [0.29, 0.717) is 0 Å². The van der Waals surface area contributed by atoms with Crippen molar-refractivity contribution >= 4 is 6.29 Å². The minimum Gasteiger partial charge on any atom is -0.301 e. The smallest absolute Gasteiger partial charge is 0.140 e. The first-order valence-electron chi connectivity index (χ1n) is 4.74. The van der Waals surface area contributed by atoms with Crippen LogP contribution < -0.4 is 0 Å². The van der Waals surface area contributed by atoms with Crippen LogP contribution in [0.3, 0.4) is 0 Å². The van der Waals surface area contributed by atoms with Crippen LogP contribution in [0.25, 0.3) is 0 Å². The third-order valence-corrected chi connectivity index (χ3v) is 3.25. The van der Waals surface area contributed by atoms with E-state index in [0.717, 1.165) is 25.0 Å². The number of hydrogen-bond donors (Lipinski definition) is 0. The van der Waals surface area contributed by atoms with Gasteiger partial charge in [0.2, 0.25) is 0 Å². The highest BCUT2D eigenvalue weighted by Crippen LogP contribution is 2.33. The van der Waals surface area contributed by atoms with Crippen LogP contribution in [0.2, 0.25) is 0 Å². The molecule has 0 atom stereocenters. The minimum absolute atomic E-state index is 0.146. The molecule has 2 nitrogen and oxygen atoms in total. The number of carbonyl (C=O) groups excluding carboxylic acids is 1. The number of hydrogen-bond acceptors (Lipinski definition) is 2. The van der Waals surface area contributed by atoms with Crippen molar-refractivity contribution in [1.82, 2.24) is 4.90 Å². The van der Waals surface area contributed by atoms with Gasteiger partial charge in [-0.25, -0.2) is 0 Å². The summed E-state index contributed by atoms with van der Waals surface area (Å²) < 4.78 is 0. The molecule has 1 aliphatic carbocycles. The van der Waals surface area contributed by atoms with Crippen molar-refractivity contribution in [3.05, 3.63) is 0 Å². The van der Waals surface area contributed by atoms with Gasteiger partial charge in [-0.1, -0.05) is 6.92 Å². The maximum absolute atomic E-state index is 11.0. The first-order valence-corrected chi connectivity index (χ1v) is 4.74. The van der Waals surface area contributed by atoms with Crippen molar-refractivity contribution in [3.63, 3.8) is 0 Å². The molecule has 0 amide bonds. The van der Waals surface area contributed by atoms with Crippen LogP contribution in [0.15, 0.2) is 0 Å². The van der Waals surface area contributed by atoms with Crippen LogP contribution in [0, 0.1) is 5.92 Å². The second kappa shape index (κ2) is 3.56. The molecule has 0 N–H and O–H groups in total. The summed E-state index contributed by atoms with van der Waals surface area (Å²) in [6.45, 7) is 2.27. The van der Waals surface area contributed by atoms with Gasteiger partial charge in [0.25, 0.3) is 0 Å². The molecular weight excluding hydrogens is 150 g/mol. The van der Waals surface area contributed by atoms with Crippen molar-refractivity contribution in [2.24, 2.45) is 5.92 Å². The number of rotatable bonds is 2. The summed E-state index contributed by atoms with van der Waals surface area (Å²) in [5.41, 5.74) is -0.146. The van der Waals surface area contributed by atoms with Crippen LogP contribution >= 0.6 is 0 Å². The predicted molar refractivity (Wildman–Crippen MR) is 50.1 cm³/mol. The van der Waals surface area contributed by atoms with E-state index in [9.17, 15) is 4.79 Å². The molecule has 0 heterocycles. The molecule has 1 saturated carbocycles. The predicted octanol–water partition coefficient (Wildman–Crippen LogP) is 1.70. The first-order chi connectivity index (χ1) is 5.60. The highest BCUT2D eigenvalue weighted by molar-refractivity contribution is 5.64. The zero-order valence-electron chi connectivity index (χ0n) is 8.34. The Morgan fingerprint density at radius 3 is 2.17 bits per heavy atom. The lowest BCUT2D eigenvalue weighted by Gasteiger charge is -2.40. The number of likely N-dealkylation sites (N-methyl/N-ethyl adjacent to an activating group) is 1. The molecule has 2 heteroatoms. The molecule has 70 valence electrons. The van der Waals surface area contributed by atoms with E-state index in [1.54, 1.807) is 0 Å². The standard InChI is InChI=1S/C10H19NO/c1-9-4-6-10(8-12,7-5-9)11(2)3/h8-9H,4-7H2,1-3H3. The van der Waals surface area contributed by atoms with Gasteiger partial charge in [-0.15, -0.1) is 0 Å². The lowest BCUT2D eigenvalue weighted by atomic mass is 9.77. The summed E-state index contributed by atoms with van der Waals surface area (Å²) >= 11 is 0. The molecule has 0 aromatic carbocycles. The molecule has 0 bridgehead atoms. The van der Waals surface area contributed by atoms with E-state index in [-0.39, 0.29) is 5.54 Å².